The molecule has 5 nitrogen and oxygen atoms in total. The molecular formula is C18H23N3O2S. The summed E-state index contributed by atoms with van der Waals surface area (Å²) in [6.45, 7) is 2.08. The maximum Gasteiger partial charge on any atom is 0.246 e. The van der Waals surface area contributed by atoms with Gasteiger partial charge < -0.3 is 10.1 Å². The van der Waals surface area contributed by atoms with E-state index in [1.54, 1.807) is 23.7 Å². The zero-order chi connectivity index (χ0) is 16.8. The fourth-order valence-electron chi connectivity index (χ4n) is 2.90. The van der Waals surface area contributed by atoms with E-state index in [4.69, 9.17) is 4.74 Å². The maximum atomic E-state index is 12.1. The fourth-order valence-corrected chi connectivity index (χ4v) is 3.74. The minimum absolute atomic E-state index is 0.0776. The van der Waals surface area contributed by atoms with Crippen molar-refractivity contribution in [2.24, 2.45) is 0 Å². The van der Waals surface area contributed by atoms with Crippen LogP contribution in [-0.4, -0.2) is 28.6 Å². The smallest absolute Gasteiger partial charge is 0.246 e. The van der Waals surface area contributed by atoms with Gasteiger partial charge in [0, 0.05) is 23.3 Å². The number of pyridine rings is 1. The van der Waals surface area contributed by atoms with Crippen molar-refractivity contribution in [3.8, 4) is 11.3 Å². The minimum atomic E-state index is -0.122. The molecule has 0 bridgehead atoms. The molecule has 0 saturated heterocycles. The number of carbonyl (C=O) groups excluding carboxylic acids is 1. The molecule has 1 amide bonds. The Labute approximate surface area is 146 Å². The van der Waals surface area contributed by atoms with Gasteiger partial charge in [0.2, 0.25) is 5.91 Å². The molecule has 0 spiro atoms. The average molecular weight is 345 g/mol. The Morgan fingerprint density at radius 3 is 3.00 bits per heavy atom. The van der Waals surface area contributed by atoms with E-state index in [-0.39, 0.29) is 24.7 Å². The molecule has 2 aromatic rings. The van der Waals surface area contributed by atoms with E-state index in [0.29, 0.717) is 0 Å². The Morgan fingerprint density at radius 1 is 1.42 bits per heavy atom. The second-order valence-electron chi connectivity index (χ2n) is 6.17. The van der Waals surface area contributed by atoms with Gasteiger partial charge in [-0.05, 0) is 31.9 Å². The van der Waals surface area contributed by atoms with Gasteiger partial charge in [0.15, 0.2) is 0 Å². The summed E-state index contributed by atoms with van der Waals surface area (Å²) in [7, 11) is 0. The van der Waals surface area contributed by atoms with Crippen molar-refractivity contribution in [2.45, 2.75) is 51.2 Å². The number of nitrogens with zero attached hydrogens (tertiary/aromatic N) is 2. The molecule has 1 atom stereocenters. The van der Waals surface area contributed by atoms with E-state index in [1.807, 2.05) is 24.4 Å². The van der Waals surface area contributed by atoms with Gasteiger partial charge in [-0.2, -0.15) is 0 Å². The molecule has 24 heavy (non-hydrogen) atoms. The van der Waals surface area contributed by atoms with Crippen LogP contribution in [0.25, 0.3) is 11.3 Å². The summed E-state index contributed by atoms with van der Waals surface area (Å²) < 4.78 is 5.72. The normalized spacial score (nSPS) is 16.7. The van der Waals surface area contributed by atoms with Crippen molar-refractivity contribution in [1.82, 2.24) is 15.3 Å². The quantitative estimate of drug-likeness (QED) is 0.866. The van der Waals surface area contributed by atoms with Crippen LogP contribution in [0.15, 0.2) is 29.9 Å². The molecule has 0 aliphatic heterocycles. The summed E-state index contributed by atoms with van der Waals surface area (Å²) in [6.07, 6.45) is 9.63. The van der Waals surface area contributed by atoms with E-state index in [2.05, 4.69) is 15.3 Å². The Bertz CT molecular complexity index is 653. The van der Waals surface area contributed by atoms with Crippen LogP contribution in [0.2, 0.25) is 0 Å². The first-order chi connectivity index (χ1) is 11.7. The fraction of sp³-hybridized carbons (Fsp3) is 0.500. The van der Waals surface area contributed by atoms with Crippen LogP contribution in [0.1, 0.15) is 50.1 Å². The standard InChI is InChI=1S/C18H23N3O2S/c1-13(20-17(22)11-23-15-7-3-2-4-8-15)18-21-16(12-24-18)14-6-5-9-19-10-14/h5-6,9-10,12-13,15H,2-4,7-8,11H2,1H3,(H,20,22)/t13-/m1/s1. The molecule has 1 saturated carbocycles. The first-order valence-electron chi connectivity index (χ1n) is 8.49. The largest absolute Gasteiger partial charge is 0.368 e. The molecule has 3 rings (SSSR count). The monoisotopic (exact) mass is 345 g/mol. The van der Waals surface area contributed by atoms with E-state index >= 15 is 0 Å². The van der Waals surface area contributed by atoms with E-state index in [0.717, 1.165) is 29.1 Å². The Hall–Kier alpha value is -1.79. The van der Waals surface area contributed by atoms with Crippen molar-refractivity contribution < 1.29 is 9.53 Å². The van der Waals surface area contributed by atoms with Crippen LogP contribution in [-0.2, 0) is 9.53 Å². The van der Waals surface area contributed by atoms with Crippen molar-refractivity contribution >= 4 is 17.2 Å². The molecule has 1 N–H and O–H groups in total. The van der Waals surface area contributed by atoms with Crippen LogP contribution in [0, 0.1) is 0 Å². The third-order valence-corrected chi connectivity index (χ3v) is 5.26. The maximum absolute atomic E-state index is 12.1. The van der Waals surface area contributed by atoms with Gasteiger partial charge in [-0.15, -0.1) is 11.3 Å². The Kier molecular flexibility index (Phi) is 5.93. The summed E-state index contributed by atoms with van der Waals surface area (Å²) >= 11 is 1.55. The Balaban J connectivity index is 1.50. The summed E-state index contributed by atoms with van der Waals surface area (Å²) in [5.74, 6) is -0.0776. The number of thiazole rings is 1. The topological polar surface area (TPSA) is 64.1 Å². The predicted octanol–water partition coefficient (Wildman–Crippen LogP) is 3.73. The van der Waals surface area contributed by atoms with Gasteiger partial charge in [0.25, 0.3) is 0 Å². The van der Waals surface area contributed by atoms with Gasteiger partial charge in [-0.25, -0.2) is 4.98 Å². The molecule has 2 aromatic heterocycles. The lowest BCUT2D eigenvalue weighted by molar-refractivity contribution is -0.129. The van der Waals surface area contributed by atoms with Gasteiger partial charge in [-0.3, -0.25) is 9.78 Å². The number of carbonyl (C=O) groups is 1. The summed E-state index contributed by atoms with van der Waals surface area (Å²) in [5, 5.41) is 5.85. The molecule has 6 heteroatoms. The van der Waals surface area contributed by atoms with Crippen LogP contribution in [0.5, 0.6) is 0 Å². The van der Waals surface area contributed by atoms with Crippen LogP contribution in [0.3, 0.4) is 0 Å². The van der Waals surface area contributed by atoms with E-state index in [9.17, 15) is 4.79 Å². The third-order valence-electron chi connectivity index (χ3n) is 4.23. The number of hydrogen-bond donors (Lipinski definition) is 1. The summed E-state index contributed by atoms with van der Waals surface area (Å²) in [4.78, 5) is 20.8. The molecule has 128 valence electrons. The SMILES string of the molecule is C[C@@H](NC(=O)COC1CCCCC1)c1nc(-c2cccnc2)cs1. The molecule has 1 aliphatic carbocycles. The molecule has 0 aromatic carbocycles. The van der Waals surface area contributed by atoms with E-state index < -0.39 is 0 Å². The third kappa shape index (κ3) is 4.61. The zero-order valence-electron chi connectivity index (χ0n) is 13.9. The minimum Gasteiger partial charge on any atom is -0.368 e. The lowest BCUT2D eigenvalue weighted by atomic mass is 9.98. The van der Waals surface area contributed by atoms with Crippen molar-refractivity contribution in [3.63, 3.8) is 0 Å². The molecular weight excluding hydrogens is 322 g/mol. The zero-order valence-corrected chi connectivity index (χ0v) is 14.7. The number of ether oxygens (including phenoxy) is 1. The lowest BCUT2D eigenvalue weighted by Crippen LogP contribution is -2.32. The van der Waals surface area contributed by atoms with Crippen LogP contribution >= 0.6 is 11.3 Å². The first kappa shape index (κ1) is 17.0. The lowest BCUT2D eigenvalue weighted by Gasteiger charge is -2.22. The van der Waals surface area contributed by atoms with Crippen molar-refractivity contribution in [2.75, 3.05) is 6.61 Å². The first-order valence-corrected chi connectivity index (χ1v) is 9.37. The molecule has 0 radical (unpaired) electrons. The highest BCUT2D eigenvalue weighted by molar-refractivity contribution is 7.10. The predicted molar refractivity (Wildman–Crippen MR) is 94.7 cm³/mol. The number of nitrogens with one attached hydrogen (secondary N) is 1. The molecule has 2 heterocycles. The number of hydrogen-bond acceptors (Lipinski definition) is 5. The van der Waals surface area contributed by atoms with Crippen LogP contribution < -0.4 is 5.32 Å². The Morgan fingerprint density at radius 2 is 2.25 bits per heavy atom. The molecule has 1 aliphatic rings. The number of aromatic nitrogens is 2. The van der Waals surface area contributed by atoms with Gasteiger partial charge in [0.1, 0.15) is 11.6 Å². The number of rotatable bonds is 6. The molecule has 1 fully saturated rings. The average Bonchev–Trinajstić information content (AvgIpc) is 3.12. The van der Waals surface area contributed by atoms with E-state index in [1.165, 1.54) is 19.3 Å². The van der Waals surface area contributed by atoms with Gasteiger partial charge in [0.05, 0.1) is 17.8 Å². The van der Waals surface area contributed by atoms with Crippen LogP contribution in [0.4, 0.5) is 0 Å². The summed E-state index contributed by atoms with van der Waals surface area (Å²) in [6, 6.07) is 3.75. The highest BCUT2D eigenvalue weighted by Gasteiger charge is 2.17. The highest BCUT2D eigenvalue weighted by Crippen LogP contribution is 2.25. The van der Waals surface area contributed by atoms with Gasteiger partial charge in [-0.1, -0.05) is 19.3 Å². The summed E-state index contributed by atoms with van der Waals surface area (Å²) in [5.41, 5.74) is 1.88. The number of amides is 1. The van der Waals surface area contributed by atoms with Crippen molar-refractivity contribution in [1.29, 1.82) is 0 Å². The molecule has 0 unspecified atom stereocenters. The second-order valence-corrected chi connectivity index (χ2v) is 7.06. The van der Waals surface area contributed by atoms with Crippen molar-refractivity contribution in [3.05, 3.63) is 34.9 Å². The second kappa shape index (κ2) is 8.35. The highest BCUT2D eigenvalue weighted by atomic mass is 32.1. The van der Waals surface area contributed by atoms with Gasteiger partial charge >= 0.3 is 0 Å².